The van der Waals surface area contributed by atoms with Gasteiger partial charge < -0.3 is 9.88 Å². The Morgan fingerprint density at radius 3 is 2.89 bits per heavy atom. The van der Waals surface area contributed by atoms with Crippen LogP contribution >= 0.6 is 0 Å². The summed E-state index contributed by atoms with van der Waals surface area (Å²) in [5.41, 5.74) is 1.78. The third-order valence-corrected chi connectivity index (χ3v) is 5.77. The molecule has 3 rings (SSSR count). The van der Waals surface area contributed by atoms with Crippen LogP contribution < -0.4 is 5.32 Å². The van der Waals surface area contributed by atoms with Gasteiger partial charge in [0.1, 0.15) is 0 Å². The van der Waals surface area contributed by atoms with E-state index in [0.29, 0.717) is 12.5 Å². The average molecular weight is 269 g/mol. The zero-order chi connectivity index (χ0) is 13.0. The van der Waals surface area contributed by atoms with Crippen LogP contribution in [0.3, 0.4) is 0 Å². The van der Waals surface area contributed by atoms with E-state index in [9.17, 15) is 8.42 Å². The Bertz CT molecular complexity index is 576. The number of fused-ring (bicyclic) bond motifs is 2. The lowest BCUT2D eigenvalue weighted by Gasteiger charge is -2.35. The van der Waals surface area contributed by atoms with Crippen LogP contribution in [-0.4, -0.2) is 36.0 Å². The van der Waals surface area contributed by atoms with Gasteiger partial charge in [-0.2, -0.15) is 0 Å². The van der Waals surface area contributed by atoms with Crippen LogP contribution in [0.5, 0.6) is 0 Å². The smallest absolute Gasteiger partial charge is 0.152 e. The third kappa shape index (κ3) is 1.70. The molecular weight excluding hydrogens is 250 g/mol. The molecule has 1 aromatic rings. The molecule has 1 aromatic heterocycles. The van der Waals surface area contributed by atoms with Crippen molar-refractivity contribution in [2.45, 2.75) is 38.3 Å². The van der Waals surface area contributed by atoms with Gasteiger partial charge in [0.2, 0.25) is 0 Å². The fourth-order valence-corrected chi connectivity index (χ4v) is 5.11. The molecule has 18 heavy (non-hydrogen) atoms. The molecule has 1 N–H and O–H groups in total. The van der Waals surface area contributed by atoms with Crippen LogP contribution in [0.15, 0.2) is 6.33 Å². The summed E-state index contributed by atoms with van der Waals surface area (Å²) in [6, 6.07) is 0.307. The zero-order valence-electron chi connectivity index (χ0n) is 10.8. The fraction of sp³-hybridized carbons (Fsp3) is 0.750. The normalized spacial score (nSPS) is 29.9. The van der Waals surface area contributed by atoms with Gasteiger partial charge in [0, 0.05) is 19.0 Å². The number of nitrogens with one attached hydrogen (secondary N) is 1. The van der Waals surface area contributed by atoms with Gasteiger partial charge >= 0.3 is 0 Å². The number of hydrogen-bond acceptors (Lipinski definition) is 4. The molecule has 100 valence electrons. The number of hydrogen-bond donors (Lipinski definition) is 1. The van der Waals surface area contributed by atoms with E-state index in [4.69, 9.17) is 0 Å². The number of sulfone groups is 1. The highest BCUT2D eigenvalue weighted by atomic mass is 32.2. The molecule has 1 atom stereocenters. The molecule has 1 saturated heterocycles. The van der Waals surface area contributed by atoms with Crippen LogP contribution in [0.2, 0.25) is 0 Å². The maximum absolute atomic E-state index is 11.8. The molecule has 1 spiro atoms. The molecule has 6 heteroatoms. The van der Waals surface area contributed by atoms with Crippen molar-refractivity contribution in [1.82, 2.24) is 14.9 Å². The van der Waals surface area contributed by atoms with Crippen LogP contribution in [0, 0.1) is 0 Å². The van der Waals surface area contributed by atoms with Crippen molar-refractivity contribution in [2.24, 2.45) is 0 Å². The second-order valence-corrected chi connectivity index (χ2v) is 7.83. The molecule has 0 saturated carbocycles. The average Bonchev–Trinajstić information content (AvgIpc) is 2.82. The molecule has 5 nitrogen and oxygen atoms in total. The van der Waals surface area contributed by atoms with Crippen molar-refractivity contribution < 1.29 is 8.42 Å². The van der Waals surface area contributed by atoms with E-state index < -0.39 is 15.4 Å². The van der Waals surface area contributed by atoms with Crippen molar-refractivity contribution in [3.63, 3.8) is 0 Å². The van der Waals surface area contributed by atoms with E-state index in [1.807, 2.05) is 6.33 Å². The minimum Gasteiger partial charge on any atom is -0.330 e. The highest BCUT2D eigenvalue weighted by Crippen LogP contribution is 2.38. The van der Waals surface area contributed by atoms with E-state index in [1.54, 1.807) is 0 Å². The van der Waals surface area contributed by atoms with Gasteiger partial charge in [-0.15, -0.1) is 0 Å². The second-order valence-electron chi connectivity index (χ2n) is 5.64. The van der Waals surface area contributed by atoms with Gasteiger partial charge in [-0.3, -0.25) is 0 Å². The lowest BCUT2D eigenvalue weighted by Crippen LogP contribution is -2.49. The first kappa shape index (κ1) is 12.2. The summed E-state index contributed by atoms with van der Waals surface area (Å²) in [6.07, 6.45) is 3.41. The minimum atomic E-state index is -2.92. The molecule has 0 radical (unpaired) electrons. The molecule has 3 heterocycles. The predicted molar refractivity (Wildman–Crippen MR) is 69.3 cm³/mol. The molecule has 0 amide bonds. The second kappa shape index (κ2) is 3.81. The summed E-state index contributed by atoms with van der Waals surface area (Å²) in [7, 11) is -2.92. The zero-order valence-corrected chi connectivity index (χ0v) is 11.6. The lowest BCUT2D eigenvalue weighted by atomic mass is 9.88. The van der Waals surface area contributed by atoms with Crippen molar-refractivity contribution in [3.8, 4) is 0 Å². The van der Waals surface area contributed by atoms with Crippen LogP contribution in [-0.2, 0) is 21.8 Å². The molecule has 0 aliphatic carbocycles. The van der Waals surface area contributed by atoms with Crippen LogP contribution in [0.1, 0.15) is 37.7 Å². The lowest BCUT2D eigenvalue weighted by molar-refractivity contribution is 0.324. The number of nitrogens with zero attached hydrogens (tertiary/aromatic N) is 2. The monoisotopic (exact) mass is 269 g/mol. The Balaban J connectivity index is 2.14. The summed E-state index contributed by atoms with van der Waals surface area (Å²) in [5.74, 6) is 0.494. The molecule has 1 unspecified atom stereocenters. The molecule has 2 aliphatic heterocycles. The van der Waals surface area contributed by atoms with Gasteiger partial charge in [-0.05, 0) is 20.3 Å². The van der Waals surface area contributed by atoms with Crippen molar-refractivity contribution in [1.29, 1.82) is 0 Å². The van der Waals surface area contributed by atoms with Gasteiger partial charge in [0.25, 0.3) is 0 Å². The van der Waals surface area contributed by atoms with Gasteiger partial charge in [-0.1, -0.05) is 0 Å². The van der Waals surface area contributed by atoms with E-state index in [-0.39, 0.29) is 11.5 Å². The molecular formula is C12H19N3O2S. The predicted octanol–water partition coefficient (Wildman–Crippen LogP) is 0.623. The molecule has 1 fully saturated rings. The van der Waals surface area contributed by atoms with E-state index >= 15 is 0 Å². The fourth-order valence-electron chi connectivity index (χ4n) is 3.18. The number of rotatable bonds is 1. The summed E-state index contributed by atoms with van der Waals surface area (Å²) in [4.78, 5) is 4.47. The number of aromatic nitrogens is 2. The van der Waals surface area contributed by atoms with Gasteiger partial charge in [0.05, 0.1) is 34.8 Å². The Kier molecular flexibility index (Phi) is 2.57. The first-order chi connectivity index (χ1) is 8.44. The first-order valence-corrected chi connectivity index (χ1v) is 8.27. The quantitative estimate of drug-likeness (QED) is 0.812. The Morgan fingerprint density at radius 1 is 1.50 bits per heavy atom. The highest BCUT2D eigenvalue weighted by Gasteiger charge is 2.48. The number of imidazole rings is 1. The minimum absolute atomic E-state index is 0.214. The van der Waals surface area contributed by atoms with E-state index in [1.165, 1.54) is 0 Å². The summed E-state index contributed by atoms with van der Waals surface area (Å²) < 4.78 is 25.8. The molecule has 0 aromatic carbocycles. The topological polar surface area (TPSA) is 64.0 Å². The summed E-state index contributed by atoms with van der Waals surface area (Å²) >= 11 is 0. The Hall–Kier alpha value is -0.880. The van der Waals surface area contributed by atoms with E-state index in [0.717, 1.165) is 24.4 Å². The molecule has 0 bridgehead atoms. The van der Waals surface area contributed by atoms with Crippen molar-refractivity contribution in [2.75, 3.05) is 18.1 Å². The largest absolute Gasteiger partial charge is 0.330 e. The van der Waals surface area contributed by atoms with Crippen molar-refractivity contribution >= 4 is 9.84 Å². The summed E-state index contributed by atoms with van der Waals surface area (Å²) in [6.45, 7) is 5.03. The maximum atomic E-state index is 11.8. The maximum Gasteiger partial charge on any atom is 0.152 e. The standard InChI is InChI=1S/C12H19N3O2S/c1-9(2)15-8-13-10-3-5-14-12(11(10)15)4-6-18(16,17)7-12/h8-9,14H,3-7H2,1-2H3. The summed E-state index contributed by atoms with van der Waals surface area (Å²) in [5, 5.41) is 3.45. The van der Waals surface area contributed by atoms with E-state index in [2.05, 4.69) is 28.7 Å². The van der Waals surface area contributed by atoms with Crippen LogP contribution in [0.25, 0.3) is 0 Å². The SMILES string of the molecule is CC(C)n1cnc2c1C1(CCS(=O)(=O)C1)NCC2. The third-order valence-electron chi connectivity index (χ3n) is 4.01. The molecule has 2 aliphatic rings. The Morgan fingerprint density at radius 2 is 2.28 bits per heavy atom. The highest BCUT2D eigenvalue weighted by molar-refractivity contribution is 7.91. The van der Waals surface area contributed by atoms with Crippen LogP contribution in [0.4, 0.5) is 0 Å². The Labute approximate surface area is 108 Å². The van der Waals surface area contributed by atoms with Crippen molar-refractivity contribution in [3.05, 3.63) is 17.7 Å². The van der Waals surface area contributed by atoms with Gasteiger partial charge in [-0.25, -0.2) is 13.4 Å². The first-order valence-electron chi connectivity index (χ1n) is 6.45. The van der Waals surface area contributed by atoms with Gasteiger partial charge in [0.15, 0.2) is 9.84 Å².